The van der Waals surface area contributed by atoms with Crippen LogP contribution in [0.15, 0.2) is 29.2 Å². The van der Waals surface area contributed by atoms with E-state index >= 15 is 0 Å². The number of nitrogens with zero attached hydrogens (tertiary/aromatic N) is 1. The molecule has 1 aromatic carbocycles. The fourth-order valence-corrected chi connectivity index (χ4v) is 3.63. The summed E-state index contributed by atoms with van der Waals surface area (Å²) in [7, 11) is -3.40. The number of sulfonamides is 1. The minimum atomic E-state index is -3.40. The zero-order chi connectivity index (χ0) is 14.8. The third-order valence-electron chi connectivity index (χ3n) is 3.27. The molecule has 2 rings (SSSR count). The van der Waals surface area contributed by atoms with Crippen LogP contribution >= 0.6 is 0 Å². The summed E-state index contributed by atoms with van der Waals surface area (Å²) in [6, 6.07) is 7.46. The summed E-state index contributed by atoms with van der Waals surface area (Å²) >= 11 is 0. The molecule has 112 valence electrons. The first-order chi connectivity index (χ1) is 9.38. The number of benzene rings is 1. The first kappa shape index (κ1) is 15.3. The minimum Gasteiger partial charge on any atom is -0.369 e. The lowest BCUT2D eigenvalue weighted by atomic mass is 10.2. The van der Waals surface area contributed by atoms with E-state index in [1.807, 2.05) is 26.0 Å². The van der Waals surface area contributed by atoms with E-state index in [-0.39, 0.29) is 6.04 Å². The maximum atomic E-state index is 12.0. The molecule has 0 aromatic heterocycles. The van der Waals surface area contributed by atoms with Crippen molar-refractivity contribution in [3.8, 4) is 0 Å². The lowest BCUT2D eigenvalue weighted by molar-refractivity contribution is 0.485. The summed E-state index contributed by atoms with van der Waals surface area (Å²) in [6.07, 6.45) is 0. The smallest absolute Gasteiger partial charge is 0.240 e. The second-order valence-corrected chi connectivity index (χ2v) is 7.29. The lowest BCUT2D eigenvalue weighted by Gasteiger charge is -2.33. The summed E-state index contributed by atoms with van der Waals surface area (Å²) in [5, 5.41) is 3.39. The number of anilines is 1. The van der Waals surface area contributed by atoms with Crippen LogP contribution in [0.1, 0.15) is 20.8 Å². The van der Waals surface area contributed by atoms with Crippen LogP contribution < -0.4 is 14.9 Å². The minimum absolute atomic E-state index is 0.103. The Bertz CT molecular complexity index is 540. The molecule has 1 aliphatic heterocycles. The van der Waals surface area contributed by atoms with Gasteiger partial charge in [-0.3, -0.25) is 0 Å². The molecule has 1 aliphatic rings. The van der Waals surface area contributed by atoms with Crippen LogP contribution in [0.3, 0.4) is 0 Å². The Morgan fingerprint density at radius 3 is 2.50 bits per heavy atom. The number of piperazine rings is 1. The molecule has 0 aliphatic carbocycles. The van der Waals surface area contributed by atoms with E-state index in [2.05, 4.69) is 21.9 Å². The zero-order valence-corrected chi connectivity index (χ0v) is 13.1. The van der Waals surface area contributed by atoms with Gasteiger partial charge >= 0.3 is 0 Å². The molecule has 1 saturated heterocycles. The standard InChI is InChI=1S/C14H23N3O2S/c1-11(2)16-20(18,19)14-6-4-13(5-7-14)17-9-8-15-12(3)10-17/h4-7,11-12,15-16H,8-10H2,1-3H3. The average molecular weight is 297 g/mol. The number of rotatable bonds is 4. The summed E-state index contributed by atoms with van der Waals surface area (Å²) in [5.74, 6) is 0. The van der Waals surface area contributed by atoms with Crippen molar-refractivity contribution in [2.75, 3.05) is 24.5 Å². The molecule has 1 aromatic rings. The SMILES string of the molecule is CC(C)NS(=O)(=O)c1ccc(N2CCNC(C)C2)cc1. The number of nitrogens with one attached hydrogen (secondary N) is 2. The van der Waals surface area contributed by atoms with E-state index < -0.39 is 10.0 Å². The van der Waals surface area contributed by atoms with Gasteiger partial charge in [0.15, 0.2) is 0 Å². The van der Waals surface area contributed by atoms with Crippen molar-refractivity contribution in [3.63, 3.8) is 0 Å². The second kappa shape index (κ2) is 6.11. The third-order valence-corrected chi connectivity index (χ3v) is 4.95. The first-order valence-corrected chi connectivity index (χ1v) is 8.47. The topological polar surface area (TPSA) is 61.4 Å². The Balaban J connectivity index is 2.14. The summed E-state index contributed by atoms with van der Waals surface area (Å²) < 4.78 is 26.7. The maximum absolute atomic E-state index is 12.0. The second-order valence-electron chi connectivity index (χ2n) is 5.57. The van der Waals surface area contributed by atoms with E-state index in [9.17, 15) is 8.42 Å². The first-order valence-electron chi connectivity index (χ1n) is 6.99. The average Bonchev–Trinajstić information content (AvgIpc) is 2.37. The molecule has 6 heteroatoms. The van der Waals surface area contributed by atoms with Crippen molar-refractivity contribution >= 4 is 15.7 Å². The van der Waals surface area contributed by atoms with Crippen molar-refractivity contribution in [1.29, 1.82) is 0 Å². The predicted octanol–water partition coefficient (Wildman–Crippen LogP) is 1.17. The molecular formula is C14H23N3O2S. The Kier molecular flexibility index (Phi) is 4.67. The van der Waals surface area contributed by atoms with E-state index in [1.165, 1.54) is 0 Å². The van der Waals surface area contributed by atoms with Gasteiger partial charge in [0.2, 0.25) is 10.0 Å². The van der Waals surface area contributed by atoms with Gasteiger partial charge in [-0.1, -0.05) is 0 Å². The van der Waals surface area contributed by atoms with Gasteiger partial charge in [0.05, 0.1) is 4.90 Å². The molecule has 2 N–H and O–H groups in total. The monoisotopic (exact) mass is 297 g/mol. The Morgan fingerprint density at radius 1 is 1.30 bits per heavy atom. The van der Waals surface area contributed by atoms with E-state index in [4.69, 9.17) is 0 Å². The Labute approximate surface area is 121 Å². The molecule has 0 bridgehead atoms. The lowest BCUT2D eigenvalue weighted by Crippen LogP contribution is -2.49. The molecule has 0 spiro atoms. The molecule has 20 heavy (non-hydrogen) atoms. The molecule has 1 heterocycles. The summed E-state index contributed by atoms with van der Waals surface area (Å²) in [6.45, 7) is 8.62. The van der Waals surface area contributed by atoms with Crippen molar-refractivity contribution in [2.24, 2.45) is 0 Å². The highest BCUT2D eigenvalue weighted by molar-refractivity contribution is 7.89. The number of hydrogen-bond donors (Lipinski definition) is 2. The quantitative estimate of drug-likeness (QED) is 0.876. The van der Waals surface area contributed by atoms with Gasteiger partial charge in [-0.2, -0.15) is 0 Å². The van der Waals surface area contributed by atoms with Crippen molar-refractivity contribution in [2.45, 2.75) is 37.8 Å². The molecule has 0 saturated carbocycles. The fraction of sp³-hybridized carbons (Fsp3) is 0.571. The van der Waals surface area contributed by atoms with Gasteiger partial charge in [0.1, 0.15) is 0 Å². The van der Waals surface area contributed by atoms with E-state index in [0.29, 0.717) is 10.9 Å². The largest absolute Gasteiger partial charge is 0.369 e. The molecule has 1 fully saturated rings. The molecular weight excluding hydrogens is 274 g/mol. The molecule has 1 atom stereocenters. The van der Waals surface area contributed by atoms with Crippen LogP contribution in [-0.2, 0) is 10.0 Å². The van der Waals surface area contributed by atoms with Gasteiger partial charge in [0.25, 0.3) is 0 Å². The predicted molar refractivity (Wildman–Crippen MR) is 81.6 cm³/mol. The highest BCUT2D eigenvalue weighted by atomic mass is 32.2. The van der Waals surface area contributed by atoms with Gasteiger partial charge < -0.3 is 10.2 Å². The molecule has 1 unspecified atom stereocenters. The molecule has 5 nitrogen and oxygen atoms in total. The molecule has 0 amide bonds. The van der Waals surface area contributed by atoms with Crippen LogP contribution in [0, 0.1) is 0 Å². The van der Waals surface area contributed by atoms with Crippen LogP contribution in [-0.4, -0.2) is 40.1 Å². The van der Waals surface area contributed by atoms with Gasteiger partial charge in [0, 0.05) is 37.4 Å². The van der Waals surface area contributed by atoms with Crippen LogP contribution in [0.4, 0.5) is 5.69 Å². The zero-order valence-electron chi connectivity index (χ0n) is 12.3. The highest BCUT2D eigenvalue weighted by Gasteiger charge is 2.18. The van der Waals surface area contributed by atoms with Crippen molar-refractivity contribution in [3.05, 3.63) is 24.3 Å². The van der Waals surface area contributed by atoms with E-state index in [1.54, 1.807) is 12.1 Å². The summed E-state index contributed by atoms with van der Waals surface area (Å²) in [4.78, 5) is 2.59. The maximum Gasteiger partial charge on any atom is 0.240 e. The van der Waals surface area contributed by atoms with Gasteiger partial charge in [-0.25, -0.2) is 13.1 Å². The van der Waals surface area contributed by atoms with E-state index in [0.717, 1.165) is 25.3 Å². The van der Waals surface area contributed by atoms with Crippen LogP contribution in [0.5, 0.6) is 0 Å². The number of hydrogen-bond acceptors (Lipinski definition) is 4. The Morgan fingerprint density at radius 2 is 1.95 bits per heavy atom. The van der Waals surface area contributed by atoms with Crippen molar-refractivity contribution < 1.29 is 8.42 Å². The highest BCUT2D eigenvalue weighted by Crippen LogP contribution is 2.19. The van der Waals surface area contributed by atoms with Crippen LogP contribution in [0.2, 0.25) is 0 Å². The van der Waals surface area contributed by atoms with Gasteiger partial charge in [-0.15, -0.1) is 0 Å². The summed E-state index contributed by atoms with van der Waals surface area (Å²) in [5.41, 5.74) is 1.07. The Hall–Kier alpha value is -1.11. The van der Waals surface area contributed by atoms with Crippen LogP contribution in [0.25, 0.3) is 0 Å². The normalized spacial score (nSPS) is 20.4. The molecule has 0 radical (unpaired) electrons. The third kappa shape index (κ3) is 3.71. The fourth-order valence-electron chi connectivity index (χ4n) is 2.38. The van der Waals surface area contributed by atoms with Gasteiger partial charge in [-0.05, 0) is 45.0 Å². The van der Waals surface area contributed by atoms with Crippen molar-refractivity contribution in [1.82, 2.24) is 10.0 Å².